The summed E-state index contributed by atoms with van der Waals surface area (Å²) in [7, 11) is 0. The summed E-state index contributed by atoms with van der Waals surface area (Å²) in [5, 5.41) is 6.94. The third-order valence-electron chi connectivity index (χ3n) is 4.04. The monoisotopic (exact) mass is 339 g/mol. The molecule has 2 rings (SSSR count). The number of carbonyl (C=O) groups is 2. The molecule has 2 atom stereocenters. The van der Waals surface area contributed by atoms with Crippen molar-refractivity contribution in [2.24, 2.45) is 5.73 Å². The largest absolute Gasteiger partial charge is 0.352 e. The van der Waals surface area contributed by atoms with Gasteiger partial charge in [0.1, 0.15) is 6.04 Å². The average Bonchev–Trinajstić information content (AvgIpc) is 2.97. The van der Waals surface area contributed by atoms with Crippen molar-refractivity contribution in [2.45, 2.75) is 38.3 Å². The van der Waals surface area contributed by atoms with Crippen LogP contribution in [0.3, 0.4) is 0 Å². The lowest BCUT2D eigenvalue weighted by Gasteiger charge is -2.35. The number of aryl methyl sites for hydroxylation is 1. The normalized spacial score (nSPS) is 19.4. The highest BCUT2D eigenvalue weighted by atomic mass is 32.2. The first-order chi connectivity index (χ1) is 11.0. The van der Waals surface area contributed by atoms with Gasteiger partial charge in [-0.25, -0.2) is 4.79 Å². The second-order valence-corrected chi connectivity index (χ2v) is 6.91. The minimum atomic E-state index is -0.652. The fourth-order valence-electron chi connectivity index (χ4n) is 2.89. The van der Waals surface area contributed by atoms with Gasteiger partial charge < -0.3 is 16.0 Å². The summed E-state index contributed by atoms with van der Waals surface area (Å²) in [5.41, 5.74) is 6.32. The van der Waals surface area contributed by atoms with Crippen molar-refractivity contribution in [2.75, 3.05) is 25.1 Å². The van der Waals surface area contributed by atoms with E-state index in [2.05, 4.69) is 10.4 Å². The lowest BCUT2D eigenvalue weighted by molar-refractivity contribution is -0.135. The van der Waals surface area contributed by atoms with E-state index in [1.807, 2.05) is 35.2 Å². The highest BCUT2D eigenvalue weighted by Gasteiger charge is 2.30. The van der Waals surface area contributed by atoms with Gasteiger partial charge in [0.05, 0.1) is 12.2 Å². The van der Waals surface area contributed by atoms with Gasteiger partial charge in [0.15, 0.2) is 0 Å². The SMILES string of the molecule is CSCC[C@H](NC(N)=O)C(=O)N1CCC[C@@H](n2cc(C)cn2)C1. The van der Waals surface area contributed by atoms with Crippen molar-refractivity contribution in [1.82, 2.24) is 20.0 Å². The van der Waals surface area contributed by atoms with E-state index in [1.54, 1.807) is 11.8 Å². The molecule has 0 saturated carbocycles. The number of amides is 3. The van der Waals surface area contributed by atoms with Crippen LogP contribution in [0.15, 0.2) is 12.4 Å². The van der Waals surface area contributed by atoms with Gasteiger partial charge in [0.2, 0.25) is 5.91 Å². The summed E-state index contributed by atoms with van der Waals surface area (Å²) in [6.07, 6.45) is 8.33. The van der Waals surface area contributed by atoms with Crippen molar-refractivity contribution >= 4 is 23.7 Å². The number of thioether (sulfide) groups is 1. The van der Waals surface area contributed by atoms with Crippen LogP contribution in [-0.4, -0.2) is 57.8 Å². The maximum Gasteiger partial charge on any atom is 0.312 e. The van der Waals surface area contributed by atoms with Crippen LogP contribution < -0.4 is 11.1 Å². The number of urea groups is 1. The van der Waals surface area contributed by atoms with Crippen LogP contribution in [0, 0.1) is 6.92 Å². The van der Waals surface area contributed by atoms with E-state index in [0.717, 1.165) is 24.2 Å². The van der Waals surface area contributed by atoms with Crippen LogP contribution in [0.25, 0.3) is 0 Å². The van der Waals surface area contributed by atoms with Crippen molar-refractivity contribution in [1.29, 1.82) is 0 Å². The zero-order valence-corrected chi connectivity index (χ0v) is 14.5. The van der Waals surface area contributed by atoms with E-state index in [-0.39, 0.29) is 11.9 Å². The molecule has 1 aliphatic rings. The van der Waals surface area contributed by atoms with Gasteiger partial charge in [-0.3, -0.25) is 9.48 Å². The smallest absolute Gasteiger partial charge is 0.312 e. The Morgan fingerprint density at radius 3 is 2.96 bits per heavy atom. The van der Waals surface area contributed by atoms with E-state index in [4.69, 9.17) is 5.73 Å². The Balaban J connectivity index is 2.02. The molecule has 0 radical (unpaired) electrons. The Kier molecular flexibility index (Phi) is 6.32. The van der Waals surface area contributed by atoms with Crippen LogP contribution >= 0.6 is 11.8 Å². The van der Waals surface area contributed by atoms with Gasteiger partial charge in [0.25, 0.3) is 0 Å². The molecule has 3 amide bonds. The van der Waals surface area contributed by atoms with Gasteiger partial charge in [-0.05, 0) is 43.8 Å². The molecule has 128 valence electrons. The van der Waals surface area contributed by atoms with Gasteiger partial charge in [-0.1, -0.05) is 0 Å². The van der Waals surface area contributed by atoms with Crippen LogP contribution in [0.4, 0.5) is 4.79 Å². The van der Waals surface area contributed by atoms with E-state index < -0.39 is 12.1 Å². The summed E-state index contributed by atoms with van der Waals surface area (Å²) >= 11 is 1.64. The number of aromatic nitrogens is 2. The Labute approximate surface area is 141 Å². The maximum atomic E-state index is 12.7. The van der Waals surface area contributed by atoms with Gasteiger partial charge in [0, 0.05) is 19.3 Å². The third kappa shape index (κ3) is 4.89. The van der Waals surface area contributed by atoms with Crippen LogP contribution in [0.1, 0.15) is 30.9 Å². The fourth-order valence-corrected chi connectivity index (χ4v) is 3.36. The molecule has 1 aromatic heterocycles. The zero-order chi connectivity index (χ0) is 16.8. The molecule has 1 aliphatic heterocycles. The molecular formula is C15H25N5O2S. The Bertz CT molecular complexity index is 548. The molecule has 1 aromatic rings. The van der Waals surface area contributed by atoms with Crippen LogP contribution in [0.5, 0.6) is 0 Å². The second kappa shape index (κ2) is 8.24. The Morgan fingerprint density at radius 2 is 2.35 bits per heavy atom. The number of nitrogens with two attached hydrogens (primary N) is 1. The molecule has 3 N–H and O–H groups in total. The van der Waals surface area contributed by atoms with Gasteiger partial charge >= 0.3 is 6.03 Å². The van der Waals surface area contributed by atoms with Gasteiger partial charge in [-0.2, -0.15) is 16.9 Å². The highest BCUT2D eigenvalue weighted by molar-refractivity contribution is 7.98. The quantitative estimate of drug-likeness (QED) is 0.813. The lowest BCUT2D eigenvalue weighted by atomic mass is 10.0. The number of likely N-dealkylation sites (tertiary alicyclic amines) is 1. The molecule has 0 bridgehead atoms. The fraction of sp³-hybridized carbons (Fsp3) is 0.667. The molecule has 1 saturated heterocycles. The molecule has 0 aromatic carbocycles. The molecule has 0 unspecified atom stereocenters. The molecule has 2 heterocycles. The Morgan fingerprint density at radius 1 is 1.57 bits per heavy atom. The molecule has 7 nitrogen and oxygen atoms in total. The number of nitrogens with one attached hydrogen (secondary N) is 1. The number of piperidine rings is 1. The predicted molar refractivity (Wildman–Crippen MR) is 91.3 cm³/mol. The topological polar surface area (TPSA) is 93.2 Å². The van der Waals surface area contributed by atoms with Crippen molar-refractivity contribution in [3.05, 3.63) is 18.0 Å². The molecule has 23 heavy (non-hydrogen) atoms. The van der Waals surface area contributed by atoms with Crippen molar-refractivity contribution in [3.63, 3.8) is 0 Å². The molecule has 1 fully saturated rings. The van der Waals surface area contributed by atoms with E-state index in [1.165, 1.54) is 0 Å². The lowest BCUT2D eigenvalue weighted by Crippen LogP contribution is -2.52. The second-order valence-electron chi connectivity index (χ2n) is 5.92. The molecular weight excluding hydrogens is 314 g/mol. The van der Waals surface area contributed by atoms with Crippen molar-refractivity contribution < 1.29 is 9.59 Å². The standard InChI is InChI=1S/C15H25N5O2S/c1-11-8-17-20(9-11)12-4-3-6-19(10-12)14(21)13(5-7-23-2)18-15(16)22/h8-9,12-13H,3-7,10H2,1-2H3,(H3,16,18,22)/t12-,13+/m1/s1. The summed E-state index contributed by atoms with van der Waals surface area (Å²) in [4.78, 5) is 25.7. The summed E-state index contributed by atoms with van der Waals surface area (Å²) in [6.45, 7) is 3.34. The number of carbonyl (C=O) groups excluding carboxylic acids is 2. The Hall–Kier alpha value is -1.70. The number of primary amides is 1. The first-order valence-electron chi connectivity index (χ1n) is 7.85. The average molecular weight is 339 g/mol. The molecule has 0 spiro atoms. The summed E-state index contributed by atoms with van der Waals surface area (Å²) in [6, 6.07) is -1.00. The minimum Gasteiger partial charge on any atom is -0.352 e. The first kappa shape index (κ1) is 17.7. The number of rotatable bonds is 6. The predicted octanol–water partition coefficient (Wildman–Crippen LogP) is 1.15. The minimum absolute atomic E-state index is 0.0496. The van der Waals surface area contributed by atoms with Crippen LogP contribution in [0.2, 0.25) is 0 Å². The summed E-state index contributed by atoms with van der Waals surface area (Å²) in [5.74, 6) is 0.748. The number of hydrogen-bond acceptors (Lipinski definition) is 4. The number of hydrogen-bond donors (Lipinski definition) is 2. The maximum absolute atomic E-state index is 12.7. The third-order valence-corrected chi connectivity index (χ3v) is 4.68. The van der Waals surface area contributed by atoms with E-state index in [9.17, 15) is 9.59 Å². The molecule has 0 aliphatic carbocycles. The number of nitrogens with zero attached hydrogens (tertiary/aromatic N) is 3. The van der Waals surface area contributed by atoms with Crippen LogP contribution in [-0.2, 0) is 4.79 Å². The zero-order valence-electron chi connectivity index (χ0n) is 13.7. The first-order valence-corrected chi connectivity index (χ1v) is 9.25. The highest BCUT2D eigenvalue weighted by Crippen LogP contribution is 2.22. The van der Waals surface area contributed by atoms with Crippen molar-refractivity contribution in [3.8, 4) is 0 Å². The van der Waals surface area contributed by atoms with Gasteiger partial charge in [-0.15, -0.1) is 0 Å². The summed E-state index contributed by atoms with van der Waals surface area (Å²) < 4.78 is 1.94. The molecule has 8 heteroatoms. The van der Waals surface area contributed by atoms with E-state index in [0.29, 0.717) is 19.5 Å². The van der Waals surface area contributed by atoms with E-state index >= 15 is 0 Å².